The van der Waals surface area contributed by atoms with Crippen molar-refractivity contribution in [1.29, 1.82) is 0 Å². The molecule has 1 heterocycles. The third-order valence-electron chi connectivity index (χ3n) is 2.04. The van der Waals surface area contributed by atoms with Gasteiger partial charge in [0.25, 0.3) is 0 Å². The molecule has 12 heavy (non-hydrogen) atoms. The van der Waals surface area contributed by atoms with Crippen LogP contribution in [0.3, 0.4) is 0 Å². The lowest BCUT2D eigenvalue weighted by Gasteiger charge is -2.03. The van der Waals surface area contributed by atoms with Gasteiger partial charge in [0.2, 0.25) is 5.28 Å². The molecule has 0 atom stereocenters. The first-order valence-electron chi connectivity index (χ1n) is 4.30. The smallest absolute Gasteiger partial charge is 0.221 e. The van der Waals surface area contributed by atoms with Crippen molar-refractivity contribution in [2.75, 3.05) is 0 Å². The fourth-order valence-electron chi connectivity index (χ4n) is 1.16. The summed E-state index contributed by atoms with van der Waals surface area (Å²) in [4.78, 5) is 4.21. The minimum absolute atomic E-state index is 0.303. The first-order valence-corrected chi connectivity index (χ1v) is 4.68. The summed E-state index contributed by atoms with van der Waals surface area (Å²) in [6, 6.07) is 0.303. The van der Waals surface area contributed by atoms with Gasteiger partial charge in [-0.1, -0.05) is 0 Å². The zero-order valence-electron chi connectivity index (χ0n) is 7.29. The number of rotatable bonds is 2. The highest BCUT2D eigenvalue weighted by atomic mass is 35.5. The minimum Gasteiger partial charge on any atom is -0.234 e. The van der Waals surface area contributed by atoms with Crippen molar-refractivity contribution in [3.8, 4) is 0 Å². The first kappa shape index (κ1) is 8.05. The maximum Gasteiger partial charge on any atom is 0.221 e. The number of halogens is 1. The molecule has 66 valence electrons. The lowest BCUT2D eigenvalue weighted by Crippen LogP contribution is -2.03. The molecule has 0 amide bonds. The van der Waals surface area contributed by atoms with Gasteiger partial charge in [-0.25, -0.2) is 9.67 Å². The topological polar surface area (TPSA) is 30.7 Å². The Hall–Kier alpha value is -0.570. The van der Waals surface area contributed by atoms with Crippen LogP contribution in [0.1, 0.15) is 44.5 Å². The van der Waals surface area contributed by atoms with Crippen LogP contribution in [-0.2, 0) is 0 Å². The molecule has 4 heteroatoms. The van der Waals surface area contributed by atoms with Gasteiger partial charge in [0, 0.05) is 12.0 Å². The molecule has 0 N–H and O–H groups in total. The van der Waals surface area contributed by atoms with E-state index < -0.39 is 0 Å². The van der Waals surface area contributed by atoms with E-state index >= 15 is 0 Å². The molecule has 2 rings (SSSR count). The van der Waals surface area contributed by atoms with Crippen molar-refractivity contribution in [3.05, 3.63) is 11.1 Å². The average Bonchev–Trinajstić information content (AvgIpc) is 2.75. The Labute approximate surface area is 76.7 Å². The standard InChI is InChI=1S/C8H12ClN3/c1-5(2)12-8(9)10-7(11-12)6-3-4-6/h5-6H,3-4H2,1-2H3. The Morgan fingerprint density at radius 3 is 2.58 bits per heavy atom. The Balaban J connectivity index is 2.30. The van der Waals surface area contributed by atoms with Crippen LogP contribution in [0.5, 0.6) is 0 Å². The molecule has 0 aromatic carbocycles. The summed E-state index contributed by atoms with van der Waals surface area (Å²) in [6.45, 7) is 4.11. The second-order valence-electron chi connectivity index (χ2n) is 3.55. The van der Waals surface area contributed by atoms with E-state index in [-0.39, 0.29) is 0 Å². The van der Waals surface area contributed by atoms with Crippen LogP contribution in [0, 0.1) is 0 Å². The van der Waals surface area contributed by atoms with Gasteiger partial charge < -0.3 is 0 Å². The van der Waals surface area contributed by atoms with E-state index in [1.165, 1.54) is 12.8 Å². The second-order valence-corrected chi connectivity index (χ2v) is 3.89. The molecule has 0 saturated heterocycles. The zero-order valence-corrected chi connectivity index (χ0v) is 8.04. The highest BCUT2D eigenvalue weighted by Crippen LogP contribution is 2.38. The van der Waals surface area contributed by atoms with Gasteiger partial charge in [0.05, 0.1) is 0 Å². The molecule has 0 radical (unpaired) electrons. The predicted molar refractivity (Wildman–Crippen MR) is 47.4 cm³/mol. The fraction of sp³-hybridized carbons (Fsp3) is 0.750. The number of nitrogens with zero attached hydrogens (tertiary/aromatic N) is 3. The zero-order chi connectivity index (χ0) is 8.72. The van der Waals surface area contributed by atoms with Crippen LogP contribution < -0.4 is 0 Å². The maximum absolute atomic E-state index is 5.90. The van der Waals surface area contributed by atoms with Crippen molar-refractivity contribution in [2.45, 2.75) is 38.6 Å². The van der Waals surface area contributed by atoms with Gasteiger partial charge in [-0.15, -0.1) is 0 Å². The van der Waals surface area contributed by atoms with Gasteiger partial charge >= 0.3 is 0 Å². The van der Waals surface area contributed by atoms with E-state index in [4.69, 9.17) is 11.6 Å². The number of aromatic nitrogens is 3. The van der Waals surface area contributed by atoms with Crippen molar-refractivity contribution >= 4 is 11.6 Å². The van der Waals surface area contributed by atoms with Crippen molar-refractivity contribution < 1.29 is 0 Å². The summed E-state index contributed by atoms with van der Waals surface area (Å²) in [7, 11) is 0. The fourth-order valence-corrected chi connectivity index (χ4v) is 1.48. The Kier molecular flexibility index (Phi) is 1.83. The number of hydrogen-bond donors (Lipinski definition) is 0. The van der Waals surface area contributed by atoms with Gasteiger partial charge in [0.1, 0.15) is 0 Å². The SMILES string of the molecule is CC(C)n1nc(C2CC2)nc1Cl. The van der Waals surface area contributed by atoms with Crippen LogP contribution in [0.25, 0.3) is 0 Å². The summed E-state index contributed by atoms with van der Waals surface area (Å²) >= 11 is 5.90. The van der Waals surface area contributed by atoms with Crippen molar-refractivity contribution in [3.63, 3.8) is 0 Å². The molecule has 1 aliphatic rings. The lowest BCUT2D eigenvalue weighted by atomic mass is 10.4. The van der Waals surface area contributed by atoms with E-state index in [1.807, 2.05) is 0 Å². The van der Waals surface area contributed by atoms with Crippen LogP contribution in [-0.4, -0.2) is 14.8 Å². The van der Waals surface area contributed by atoms with Gasteiger partial charge in [-0.05, 0) is 38.3 Å². The second kappa shape index (κ2) is 2.73. The van der Waals surface area contributed by atoms with Crippen LogP contribution in [0.4, 0.5) is 0 Å². The minimum atomic E-state index is 0.303. The largest absolute Gasteiger partial charge is 0.234 e. The monoisotopic (exact) mass is 185 g/mol. The van der Waals surface area contributed by atoms with Crippen molar-refractivity contribution in [2.24, 2.45) is 0 Å². The van der Waals surface area contributed by atoms with E-state index in [2.05, 4.69) is 23.9 Å². The van der Waals surface area contributed by atoms with Crippen LogP contribution in [0.15, 0.2) is 0 Å². The van der Waals surface area contributed by atoms with E-state index in [1.54, 1.807) is 4.68 Å². The lowest BCUT2D eigenvalue weighted by molar-refractivity contribution is 0.527. The highest BCUT2D eigenvalue weighted by molar-refractivity contribution is 6.28. The summed E-state index contributed by atoms with van der Waals surface area (Å²) in [5, 5.41) is 4.87. The molecule has 1 fully saturated rings. The number of hydrogen-bond acceptors (Lipinski definition) is 2. The Morgan fingerprint density at radius 2 is 2.17 bits per heavy atom. The first-order chi connectivity index (χ1) is 5.68. The van der Waals surface area contributed by atoms with E-state index in [0.29, 0.717) is 17.2 Å². The van der Waals surface area contributed by atoms with Gasteiger partial charge in [-0.3, -0.25) is 0 Å². The Morgan fingerprint density at radius 1 is 1.50 bits per heavy atom. The van der Waals surface area contributed by atoms with Gasteiger partial charge in [0.15, 0.2) is 5.82 Å². The van der Waals surface area contributed by atoms with Crippen molar-refractivity contribution in [1.82, 2.24) is 14.8 Å². The summed E-state index contributed by atoms with van der Waals surface area (Å²) in [5.41, 5.74) is 0. The van der Waals surface area contributed by atoms with Crippen LogP contribution >= 0.6 is 11.6 Å². The Bertz CT molecular complexity index is 288. The summed E-state index contributed by atoms with van der Waals surface area (Å²) in [6.07, 6.45) is 2.44. The third kappa shape index (κ3) is 1.33. The molecule has 3 nitrogen and oxygen atoms in total. The quantitative estimate of drug-likeness (QED) is 0.709. The molecule has 0 aliphatic heterocycles. The van der Waals surface area contributed by atoms with E-state index in [9.17, 15) is 0 Å². The highest BCUT2D eigenvalue weighted by Gasteiger charge is 2.28. The summed E-state index contributed by atoms with van der Waals surface area (Å²) in [5.74, 6) is 1.51. The molecule has 1 aromatic rings. The predicted octanol–water partition coefficient (Wildman–Crippen LogP) is 2.39. The molecule has 1 aromatic heterocycles. The van der Waals surface area contributed by atoms with E-state index in [0.717, 1.165) is 5.82 Å². The maximum atomic E-state index is 5.90. The van der Waals surface area contributed by atoms with Gasteiger partial charge in [-0.2, -0.15) is 5.10 Å². The molecule has 0 unspecified atom stereocenters. The molecule has 0 spiro atoms. The third-order valence-corrected chi connectivity index (χ3v) is 2.30. The molecular formula is C8H12ClN3. The van der Waals surface area contributed by atoms with Crippen LogP contribution in [0.2, 0.25) is 5.28 Å². The molecular weight excluding hydrogens is 174 g/mol. The summed E-state index contributed by atoms with van der Waals surface area (Å²) < 4.78 is 1.77. The molecule has 1 saturated carbocycles. The molecule has 0 bridgehead atoms. The average molecular weight is 186 g/mol. The normalized spacial score (nSPS) is 17.3. The molecule has 1 aliphatic carbocycles.